The van der Waals surface area contributed by atoms with Crippen molar-refractivity contribution in [1.29, 1.82) is 0 Å². The molecule has 3 aromatic rings. The number of benzene rings is 2. The van der Waals surface area contributed by atoms with Crippen molar-refractivity contribution in [1.82, 2.24) is 15.1 Å². The van der Waals surface area contributed by atoms with E-state index in [1.54, 1.807) is 0 Å². The highest BCUT2D eigenvalue weighted by Crippen LogP contribution is 2.17. The highest BCUT2D eigenvalue weighted by molar-refractivity contribution is 5.85. The van der Waals surface area contributed by atoms with E-state index in [9.17, 15) is 4.79 Å². The lowest BCUT2D eigenvalue weighted by Crippen LogP contribution is -2.26. The molecular weight excluding hydrogens is 396 g/mol. The van der Waals surface area contributed by atoms with E-state index >= 15 is 0 Å². The van der Waals surface area contributed by atoms with Gasteiger partial charge < -0.3 is 11.1 Å². The molecule has 5 nitrogen and oxygen atoms in total. The number of anilines is 1. The van der Waals surface area contributed by atoms with Gasteiger partial charge in [0.2, 0.25) is 5.91 Å². The zero-order chi connectivity index (χ0) is 20.8. The van der Waals surface area contributed by atoms with Crippen molar-refractivity contribution in [3.05, 3.63) is 82.2 Å². The van der Waals surface area contributed by atoms with Gasteiger partial charge in [-0.05, 0) is 62.4 Å². The Kier molecular flexibility index (Phi) is 8.48. The van der Waals surface area contributed by atoms with Crippen molar-refractivity contribution in [3.8, 4) is 0 Å². The average molecular weight is 427 g/mol. The summed E-state index contributed by atoms with van der Waals surface area (Å²) in [6, 6.07) is 16.3. The van der Waals surface area contributed by atoms with Gasteiger partial charge in [0, 0.05) is 24.3 Å². The molecule has 0 atom stereocenters. The van der Waals surface area contributed by atoms with E-state index in [0.717, 1.165) is 30.0 Å². The average Bonchev–Trinajstić information content (AvgIpc) is 2.96. The van der Waals surface area contributed by atoms with Crippen LogP contribution in [0.5, 0.6) is 0 Å². The first-order valence-electron chi connectivity index (χ1n) is 10.1. The summed E-state index contributed by atoms with van der Waals surface area (Å²) in [7, 11) is 0. The first kappa shape index (κ1) is 23.5. The molecule has 1 heterocycles. The van der Waals surface area contributed by atoms with Crippen LogP contribution in [0.15, 0.2) is 48.5 Å². The first-order valence-corrected chi connectivity index (χ1v) is 10.1. The number of halogens is 1. The number of amides is 1. The molecule has 0 aliphatic carbocycles. The fourth-order valence-corrected chi connectivity index (χ4v) is 3.47. The van der Waals surface area contributed by atoms with Gasteiger partial charge in [-0.1, -0.05) is 42.0 Å². The van der Waals surface area contributed by atoms with Gasteiger partial charge in [0.1, 0.15) is 0 Å². The highest BCUT2D eigenvalue weighted by Gasteiger charge is 2.13. The Bertz CT molecular complexity index is 962. The number of carbonyl (C=O) groups is 1. The molecule has 0 spiro atoms. The van der Waals surface area contributed by atoms with E-state index in [0.29, 0.717) is 19.4 Å². The number of nitrogens with zero attached hydrogens (tertiary/aromatic N) is 2. The molecule has 3 rings (SSSR count). The van der Waals surface area contributed by atoms with Crippen molar-refractivity contribution in [2.75, 3.05) is 12.3 Å². The fourth-order valence-electron chi connectivity index (χ4n) is 3.47. The van der Waals surface area contributed by atoms with Crippen LogP contribution in [0.3, 0.4) is 0 Å². The topological polar surface area (TPSA) is 72.9 Å². The number of hydrogen-bond donors (Lipinski definition) is 2. The largest absolute Gasteiger partial charge is 0.399 e. The summed E-state index contributed by atoms with van der Waals surface area (Å²) in [6.07, 6.45) is 1.98. The molecule has 0 bridgehead atoms. The molecule has 30 heavy (non-hydrogen) atoms. The second-order valence-electron chi connectivity index (χ2n) is 7.63. The maximum Gasteiger partial charge on any atom is 0.220 e. The predicted molar refractivity (Wildman–Crippen MR) is 125 cm³/mol. The Morgan fingerprint density at radius 3 is 2.27 bits per heavy atom. The molecule has 0 aliphatic heterocycles. The van der Waals surface area contributed by atoms with Crippen LogP contribution in [0.25, 0.3) is 0 Å². The van der Waals surface area contributed by atoms with Gasteiger partial charge in [0.25, 0.3) is 0 Å². The Balaban J connectivity index is 0.00000320. The first-order chi connectivity index (χ1) is 13.9. The Labute approximate surface area is 185 Å². The molecule has 160 valence electrons. The maximum absolute atomic E-state index is 12.3. The van der Waals surface area contributed by atoms with Gasteiger partial charge in [-0.3, -0.25) is 9.48 Å². The van der Waals surface area contributed by atoms with Crippen LogP contribution >= 0.6 is 12.4 Å². The van der Waals surface area contributed by atoms with E-state index in [2.05, 4.69) is 48.5 Å². The minimum absolute atomic E-state index is 0. The van der Waals surface area contributed by atoms with E-state index in [4.69, 9.17) is 5.73 Å². The van der Waals surface area contributed by atoms with Crippen molar-refractivity contribution < 1.29 is 4.79 Å². The molecule has 0 unspecified atom stereocenters. The monoisotopic (exact) mass is 426 g/mol. The summed E-state index contributed by atoms with van der Waals surface area (Å²) in [6.45, 7) is 7.58. The van der Waals surface area contributed by atoms with Crippen LogP contribution < -0.4 is 11.1 Å². The lowest BCUT2D eigenvalue weighted by atomic mass is 10.1. The second-order valence-corrected chi connectivity index (χ2v) is 7.63. The van der Waals surface area contributed by atoms with Crippen LogP contribution in [0.1, 0.15) is 40.1 Å². The number of aryl methyl sites for hydroxylation is 2. The third-order valence-corrected chi connectivity index (χ3v) is 5.30. The van der Waals surface area contributed by atoms with Gasteiger partial charge in [-0.2, -0.15) is 5.10 Å². The van der Waals surface area contributed by atoms with E-state index in [1.165, 1.54) is 22.3 Å². The lowest BCUT2D eigenvalue weighted by Gasteiger charge is -2.08. The number of nitrogen functional groups attached to an aromatic ring is 1. The van der Waals surface area contributed by atoms with Gasteiger partial charge in [0.15, 0.2) is 0 Å². The minimum Gasteiger partial charge on any atom is -0.399 e. The summed E-state index contributed by atoms with van der Waals surface area (Å²) >= 11 is 0. The number of aromatic nitrogens is 2. The van der Waals surface area contributed by atoms with Gasteiger partial charge >= 0.3 is 0 Å². The molecule has 1 aromatic heterocycles. The normalized spacial score (nSPS) is 10.5. The number of hydrogen-bond acceptors (Lipinski definition) is 3. The molecular formula is C24H31ClN4O. The van der Waals surface area contributed by atoms with Crippen molar-refractivity contribution >= 4 is 24.0 Å². The van der Waals surface area contributed by atoms with E-state index in [1.807, 2.05) is 35.9 Å². The number of nitrogens with one attached hydrogen (secondary N) is 1. The van der Waals surface area contributed by atoms with Crippen LogP contribution in [0, 0.1) is 20.8 Å². The molecule has 3 N–H and O–H groups in total. The Morgan fingerprint density at radius 1 is 0.967 bits per heavy atom. The summed E-state index contributed by atoms with van der Waals surface area (Å²) in [5, 5.41) is 7.70. The molecule has 0 saturated heterocycles. The standard InChI is InChI=1S/C24H30N4O.ClH/c1-17-4-6-21(7-5-17)16-28-19(3)23(18(2)27-28)12-13-24(29)26-15-14-20-8-10-22(25)11-9-20;/h4-11H,12-16,25H2,1-3H3,(H,26,29);1H. The molecule has 6 heteroatoms. The summed E-state index contributed by atoms with van der Waals surface area (Å²) in [5.41, 5.74) is 13.4. The summed E-state index contributed by atoms with van der Waals surface area (Å²) < 4.78 is 2.04. The van der Waals surface area contributed by atoms with Crippen LogP contribution in [0.2, 0.25) is 0 Å². The van der Waals surface area contributed by atoms with Crippen molar-refractivity contribution in [2.24, 2.45) is 0 Å². The molecule has 2 aromatic carbocycles. The summed E-state index contributed by atoms with van der Waals surface area (Å²) in [4.78, 5) is 12.3. The zero-order valence-corrected chi connectivity index (χ0v) is 18.8. The smallest absolute Gasteiger partial charge is 0.220 e. The van der Waals surface area contributed by atoms with E-state index < -0.39 is 0 Å². The quantitative estimate of drug-likeness (QED) is 0.531. The lowest BCUT2D eigenvalue weighted by molar-refractivity contribution is -0.121. The van der Waals surface area contributed by atoms with Crippen molar-refractivity contribution in [3.63, 3.8) is 0 Å². The third-order valence-electron chi connectivity index (χ3n) is 5.30. The fraction of sp³-hybridized carbons (Fsp3) is 0.333. The van der Waals surface area contributed by atoms with Gasteiger partial charge in [0.05, 0.1) is 12.2 Å². The van der Waals surface area contributed by atoms with Crippen LogP contribution in [0.4, 0.5) is 5.69 Å². The van der Waals surface area contributed by atoms with Crippen molar-refractivity contribution in [2.45, 2.75) is 46.6 Å². The molecule has 1 amide bonds. The second kappa shape index (κ2) is 10.8. The Hall–Kier alpha value is -2.79. The molecule has 0 aliphatic rings. The summed E-state index contributed by atoms with van der Waals surface area (Å²) in [5.74, 6) is 0.0746. The Morgan fingerprint density at radius 2 is 1.60 bits per heavy atom. The van der Waals surface area contributed by atoms with Crippen LogP contribution in [-0.4, -0.2) is 22.2 Å². The number of rotatable bonds is 8. The molecule has 0 saturated carbocycles. The SMILES string of the molecule is Cc1ccc(Cn2nc(C)c(CCC(=O)NCCc3ccc(N)cc3)c2C)cc1.Cl. The number of carbonyl (C=O) groups excluding carboxylic acids is 1. The highest BCUT2D eigenvalue weighted by atomic mass is 35.5. The predicted octanol–water partition coefficient (Wildman–Crippen LogP) is 4.15. The molecule has 0 fully saturated rings. The number of nitrogens with two attached hydrogens (primary N) is 1. The minimum atomic E-state index is 0. The molecule has 0 radical (unpaired) electrons. The van der Waals surface area contributed by atoms with Gasteiger partial charge in [-0.15, -0.1) is 12.4 Å². The van der Waals surface area contributed by atoms with E-state index in [-0.39, 0.29) is 18.3 Å². The van der Waals surface area contributed by atoms with Crippen LogP contribution in [-0.2, 0) is 24.2 Å². The van der Waals surface area contributed by atoms with Gasteiger partial charge in [-0.25, -0.2) is 0 Å². The zero-order valence-electron chi connectivity index (χ0n) is 17.9. The third kappa shape index (κ3) is 6.36. The maximum atomic E-state index is 12.3.